The minimum atomic E-state index is -0.308. The first-order valence-electron chi connectivity index (χ1n) is 8.64. The van der Waals surface area contributed by atoms with E-state index in [9.17, 15) is 4.79 Å². The zero-order valence-corrected chi connectivity index (χ0v) is 18.1. The average molecular weight is 461 g/mol. The lowest BCUT2D eigenvalue weighted by atomic mass is 10.1. The number of aromatic nitrogens is 4. The third-order valence-corrected chi connectivity index (χ3v) is 5.24. The van der Waals surface area contributed by atoms with Crippen LogP contribution in [0.15, 0.2) is 53.5 Å². The van der Waals surface area contributed by atoms with Gasteiger partial charge in [0.2, 0.25) is 0 Å². The molecular weight excluding hydrogens is 447 g/mol. The van der Waals surface area contributed by atoms with Crippen molar-refractivity contribution in [2.24, 2.45) is 7.05 Å². The smallest absolute Gasteiger partial charge is 0.299 e. The Kier molecular flexibility index (Phi) is 5.72. The third kappa shape index (κ3) is 4.02. The second-order valence-electron chi connectivity index (χ2n) is 6.16. The second-order valence-corrected chi connectivity index (χ2v) is 7.74. The number of hydrogen-bond donors (Lipinski definition) is 0. The molecule has 2 aromatic carbocycles. The highest BCUT2D eigenvalue weighted by molar-refractivity contribution is 7.07. The molecule has 30 heavy (non-hydrogen) atoms. The zero-order valence-electron chi connectivity index (χ0n) is 15.8. The van der Waals surface area contributed by atoms with E-state index in [0.717, 1.165) is 11.5 Å². The highest BCUT2D eigenvalue weighted by Crippen LogP contribution is 2.37. The zero-order chi connectivity index (χ0) is 21.3. The molecule has 0 saturated heterocycles. The number of benzene rings is 2. The fourth-order valence-electron chi connectivity index (χ4n) is 2.83. The largest absolute Gasteiger partial charge is 0.494 e. The van der Waals surface area contributed by atoms with Gasteiger partial charge >= 0.3 is 0 Å². The number of halogens is 2. The van der Waals surface area contributed by atoms with Crippen LogP contribution in [-0.4, -0.2) is 26.2 Å². The summed E-state index contributed by atoms with van der Waals surface area (Å²) in [6.45, 7) is 0. The maximum Gasteiger partial charge on any atom is 0.299 e. The minimum absolute atomic E-state index is 0.304. The van der Waals surface area contributed by atoms with Crippen LogP contribution in [0.1, 0.15) is 0 Å². The van der Waals surface area contributed by atoms with Crippen molar-refractivity contribution in [1.82, 2.24) is 19.1 Å². The fourth-order valence-corrected chi connectivity index (χ4v) is 3.92. The van der Waals surface area contributed by atoms with Gasteiger partial charge in [-0.1, -0.05) is 41.4 Å². The highest BCUT2D eigenvalue weighted by Gasteiger charge is 2.19. The third-order valence-electron chi connectivity index (χ3n) is 4.20. The van der Waals surface area contributed by atoms with Gasteiger partial charge < -0.3 is 9.47 Å². The molecule has 0 radical (unpaired) electrons. The van der Waals surface area contributed by atoms with Crippen LogP contribution < -0.4 is 15.0 Å². The van der Waals surface area contributed by atoms with E-state index in [1.54, 1.807) is 49.5 Å². The lowest BCUT2D eigenvalue weighted by molar-refractivity contribution is 0.409. The Hall–Kier alpha value is -2.94. The molecule has 0 aliphatic carbocycles. The number of para-hydroxylation sites is 1. The van der Waals surface area contributed by atoms with Crippen LogP contribution >= 0.6 is 34.7 Å². The Labute approximate surface area is 185 Å². The number of hydrogen-bond acceptors (Lipinski definition) is 7. The molecule has 2 aromatic heterocycles. The minimum Gasteiger partial charge on any atom is -0.494 e. The summed E-state index contributed by atoms with van der Waals surface area (Å²) < 4.78 is 16.9. The first kappa shape index (κ1) is 20.3. The molecule has 0 bridgehead atoms. The molecular formula is C20H14Cl2N4O3S. The summed E-state index contributed by atoms with van der Waals surface area (Å²) in [5.41, 5.74) is 1.27. The van der Waals surface area contributed by atoms with Crippen LogP contribution in [0, 0.1) is 0 Å². The van der Waals surface area contributed by atoms with Crippen molar-refractivity contribution in [2.45, 2.75) is 0 Å². The van der Waals surface area contributed by atoms with E-state index in [-0.39, 0.29) is 5.56 Å². The number of methoxy groups -OCH3 is 1. The molecule has 7 nitrogen and oxygen atoms in total. The molecule has 0 atom stereocenters. The molecule has 0 fully saturated rings. The van der Waals surface area contributed by atoms with Gasteiger partial charge in [0.15, 0.2) is 11.6 Å². The number of ether oxygens (including phenoxy) is 2. The lowest BCUT2D eigenvalue weighted by Gasteiger charge is -2.12. The standard InChI is InChI=1S/C20H14Cl2N4O3S/c1-26-19(27)17(16(28-2)10-23-26)14-5-3-4-6-15(14)29-20-24-18(25-30-20)11-7-12(21)9-13(22)8-11/h3-10H,1-2H3. The Morgan fingerprint density at radius 1 is 1.07 bits per heavy atom. The van der Waals surface area contributed by atoms with E-state index >= 15 is 0 Å². The van der Waals surface area contributed by atoms with E-state index in [0.29, 0.717) is 49.3 Å². The molecule has 0 aliphatic rings. The van der Waals surface area contributed by atoms with Crippen LogP contribution in [0.4, 0.5) is 0 Å². The van der Waals surface area contributed by atoms with Crippen LogP contribution in [0.5, 0.6) is 16.7 Å². The van der Waals surface area contributed by atoms with Gasteiger partial charge in [-0.25, -0.2) is 4.68 Å². The van der Waals surface area contributed by atoms with Gasteiger partial charge in [-0.2, -0.15) is 14.5 Å². The maximum absolute atomic E-state index is 12.7. The van der Waals surface area contributed by atoms with Gasteiger partial charge in [0.05, 0.1) is 18.9 Å². The Morgan fingerprint density at radius 2 is 1.80 bits per heavy atom. The maximum atomic E-state index is 12.7. The van der Waals surface area contributed by atoms with E-state index < -0.39 is 0 Å². The van der Waals surface area contributed by atoms with Gasteiger partial charge in [-0.05, 0) is 24.3 Å². The Bertz CT molecular complexity index is 1270. The summed E-state index contributed by atoms with van der Waals surface area (Å²) in [4.78, 5) is 17.1. The predicted octanol–water partition coefficient (Wildman–Crippen LogP) is 5.07. The van der Waals surface area contributed by atoms with Crippen molar-refractivity contribution < 1.29 is 9.47 Å². The van der Waals surface area contributed by atoms with Crippen LogP contribution in [0.3, 0.4) is 0 Å². The van der Waals surface area contributed by atoms with Crippen molar-refractivity contribution in [3.8, 4) is 39.2 Å². The number of aryl methyl sites for hydroxylation is 1. The molecule has 0 unspecified atom stereocenters. The summed E-state index contributed by atoms with van der Waals surface area (Å²) in [7, 11) is 3.05. The molecule has 4 aromatic rings. The van der Waals surface area contributed by atoms with Crippen molar-refractivity contribution in [1.29, 1.82) is 0 Å². The molecule has 0 N–H and O–H groups in total. The molecule has 152 valence electrons. The Balaban J connectivity index is 1.73. The Morgan fingerprint density at radius 3 is 2.53 bits per heavy atom. The van der Waals surface area contributed by atoms with E-state index in [4.69, 9.17) is 32.7 Å². The molecule has 0 saturated carbocycles. The fraction of sp³-hybridized carbons (Fsp3) is 0.100. The SMILES string of the molecule is COc1cnn(C)c(=O)c1-c1ccccc1Oc1nc(-c2cc(Cl)cc(Cl)c2)ns1. The first-order valence-corrected chi connectivity index (χ1v) is 10.2. The molecule has 0 aliphatic heterocycles. The van der Waals surface area contributed by atoms with Crippen LogP contribution in [-0.2, 0) is 7.05 Å². The predicted molar refractivity (Wildman–Crippen MR) is 117 cm³/mol. The summed E-state index contributed by atoms with van der Waals surface area (Å²) in [5, 5.41) is 5.27. The van der Waals surface area contributed by atoms with Gasteiger partial charge in [0, 0.05) is 39.8 Å². The molecule has 0 amide bonds. The summed E-state index contributed by atoms with van der Waals surface area (Å²) in [6, 6.07) is 12.2. The summed E-state index contributed by atoms with van der Waals surface area (Å²) in [6.07, 6.45) is 1.49. The van der Waals surface area contributed by atoms with Crippen molar-refractivity contribution in [3.05, 3.63) is 69.1 Å². The summed E-state index contributed by atoms with van der Waals surface area (Å²) >= 11 is 13.2. The van der Waals surface area contributed by atoms with Crippen molar-refractivity contribution in [3.63, 3.8) is 0 Å². The van der Waals surface area contributed by atoms with E-state index in [1.807, 2.05) is 0 Å². The van der Waals surface area contributed by atoms with Crippen molar-refractivity contribution in [2.75, 3.05) is 7.11 Å². The first-order chi connectivity index (χ1) is 14.5. The number of rotatable bonds is 5. The second kappa shape index (κ2) is 8.43. The molecule has 0 spiro atoms. The summed E-state index contributed by atoms with van der Waals surface area (Å²) in [5.74, 6) is 1.22. The van der Waals surface area contributed by atoms with Crippen molar-refractivity contribution >= 4 is 34.7 Å². The molecule has 4 rings (SSSR count). The average Bonchev–Trinajstić information content (AvgIpc) is 3.18. The van der Waals surface area contributed by atoms with E-state index in [2.05, 4.69) is 14.5 Å². The molecule has 10 heteroatoms. The highest BCUT2D eigenvalue weighted by atomic mass is 35.5. The molecule has 2 heterocycles. The van der Waals surface area contributed by atoms with Gasteiger partial charge in [-0.3, -0.25) is 4.79 Å². The van der Waals surface area contributed by atoms with Gasteiger partial charge in [0.25, 0.3) is 10.8 Å². The quantitative estimate of drug-likeness (QED) is 0.413. The van der Waals surface area contributed by atoms with Gasteiger partial charge in [0.1, 0.15) is 5.75 Å². The number of nitrogens with zero attached hydrogens (tertiary/aromatic N) is 4. The van der Waals surface area contributed by atoms with Gasteiger partial charge in [-0.15, -0.1) is 0 Å². The van der Waals surface area contributed by atoms with E-state index in [1.165, 1.54) is 18.0 Å². The topological polar surface area (TPSA) is 79.1 Å². The lowest BCUT2D eigenvalue weighted by Crippen LogP contribution is -2.21. The monoisotopic (exact) mass is 460 g/mol. The van der Waals surface area contributed by atoms with Crippen LogP contribution in [0.25, 0.3) is 22.5 Å². The van der Waals surface area contributed by atoms with Crippen LogP contribution in [0.2, 0.25) is 10.0 Å². The normalized spacial score (nSPS) is 10.8.